The quantitative estimate of drug-likeness (QED) is 0.477. The van der Waals surface area contributed by atoms with Crippen molar-refractivity contribution in [1.82, 2.24) is 15.5 Å². The summed E-state index contributed by atoms with van der Waals surface area (Å²) in [5, 5.41) is 17.4. The Morgan fingerprint density at radius 1 is 1.18 bits per heavy atom. The van der Waals surface area contributed by atoms with Crippen molar-refractivity contribution in [1.29, 1.82) is 5.41 Å². The highest BCUT2D eigenvalue weighted by Crippen LogP contribution is 2.31. The highest BCUT2D eigenvalue weighted by Gasteiger charge is 2.39. The van der Waals surface area contributed by atoms with Crippen LogP contribution in [0.25, 0.3) is 18.0 Å². The van der Waals surface area contributed by atoms with Gasteiger partial charge in [-0.15, -0.1) is 0 Å². The molecule has 0 bridgehead atoms. The summed E-state index contributed by atoms with van der Waals surface area (Å²) in [4.78, 5) is 2.07. The van der Waals surface area contributed by atoms with E-state index in [1.807, 2.05) is 37.7 Å². The van der Waals surface area contributed by atoms with Crippen molar-refractivity contribution < 1.29 is 0 Å². The van der Waals surface area contributed by atoms with E-state index in [4.69, 9.17) is 11.1 Å². The van der Waals surface area contributed by atoms with Gasteiger partial charge in [0.2, 0.25) is 0 Å². The topological polar surface area (TPSA) is 77.2 Å². The summed E-state index contributed by atoms with van der Waals surface area (Å²) in [5.41, 5.74) is 8.21. The van der Waals surface area contributed by atoms with Crippen molar-refractivity contribution in [2.45, 2.75) is 57.7 Å². The fourth-order valence-electron chi connectivity index (χ4n) is 4.43. The molecule has 0 amide bonds. The van der Waals surface area contributed by atoms with Crippen molar-refractivity contribution in [2.24, 2.45) is 5.73 Å². The van der Waals surface area contributed by atoms with Gasteiger partial charge in [-0.3, -0.25) is 5.41 Å². The molecule has 5 N–H and O–H groups in total. The van der Waals surface area contributed by atoms with E-state index in [1.165, 1.54) is 0 Å². The SMILES string of the molecule is CN(C(=N)C=CC(N)=c1ccc2c(c1)C=CNC=2)C1CC(C)(C)NC(C)(C)C1. The van der Waals surface area contributed by atoms with E-state index in [-0.39, 0.29) is 11.1 Å². The largest absolute Gasteiger partial charge is 0.398 e. The third kappa shape index (κ3) is 4.65. The van der Waals surface area contributed by atoms with Crippen LogP contribution in [-0.4, -0.2) is 34.9 Å². The number of fused-ring (bicyclic) bond motifs is 1. The molecule has 0 saturated carbocycles. The lowest BCUT2D eigenvalue weighted by molar-refractivity contribution is 0.114. The van der Waals surface area contributed by atoms with Gasteiger partial charge >= 0.3 is 0 Å². The second-order valence-electron chi connectivity index (χ2n) is 9.23. The molecule has 2 aliphatic rings. The number of nitrogens with zero attached hydrogens (tertiary/aromatic N) is 1. The minimum atomic E-state index is 0.0539. The normalized spacial score (nSPS) is 21.5. The van der Waals surface area contributed by atoms with Crippen LogP contribution in [0.1, 0.15) is 46.1 Å². The number of amidine groups is 1. The van der Waals surface area contributed by atoms with Crippen LogP contribution in [-0.2, 0) is 0 Å². The van der Waals surface area contributed by atoms with Gasteiger partial charge in [-0.2, -0.15) is 0 Å². The molecule has 2 heterocycles. The second-order valence-corrected chi connectivity index (χ2v) is 9.23. The monoisotopic (exact) mass is 379 g/mol. The number of hydrogen-bond acceptors (Lipinski definition) is 4. The zero-order chi connectivity index (χ0) is 20.5. The third-order valence-electron chi connectivity index (χ3n) is 5.54. The lowest BCUT2D eigenvalue weighted by Gasteiger charge is -2.49. The molecule has 5 nitrogen and oxygen atoms in total. The van der Waals surface area contributed by atoms with Crippen molar-refractivity contribution in [3.05, 3.63) is 52.6 Å². The van der Waals surface area contributed by atoms with E-state index < -0.39 is 0 Å². The highest BCUT2D eigenvalue weighted by atomic mass is 15.2. The van der Waals surface area contributed by atoms with E-state index in [1.54, 1.807) is 6.08 Å². The van der Waals surface area contributed by atoms with E-state index in [0.29, 0.717) is 17.6 Å². The lowest BCUT2D eigenvalue weighted by atomic mass is 9.79. The van der Waals surface area contributed by atoms with Gasteiger partial charge in [0.15, 0.2) is 0 Å². The molecule has 0 spiro atoms. The summed E-state index contributed by atoms with van der Waals surface area (Å²) >= 11 is 0. The molecule has 1 fully saturated rings. The molecule has 5 heteroatoms. The zero-order valence-corrected chi connectivity index (χ0v) is 17.6. The molecule has 3 rings (SSSR count). The first-order valence-electron chi connectivity index (χ1n) is 9.88. The minimum absolute atomic E-state index is 0.0539. The van der Waals surface area contributed by atoms with Gasteiger partial charge in [0, 0.05) is 42.3 Å². The molecule has 1 aromatic carbocycles. The van der Waals surface area contributed by atoms with Crippen molar-refractivity contribution in [3.8, 4) is 0 Å². The molecule has 0 radical (unpaired) electrons. The Labute approximate surface area is 168 Å². The van der Waals surface area contributed by atoms with Gasteiger partial charge in [0.1, 0.15) is 5.84 Å². The van der Waals surface area contributed by atoms with Crippen molar-refractivity contribution in [2.75, 3.05) is 7.05 Å². The van der Waals surface area contributed by atoms with Crippen LogP contribution in [0.4, 0.5) is 0 Å². The first-order chi connectivity index (χ1) is 13.1. The first-order valence-corrected chi connectivity index (χ1v) is 9.88. The zero-order valence-electron chi connectivity index (χ0n) is 17.6. The van der Waals surface area contributed by atoms with Crippen molar-refractivity contribution >= 4 is 23.8 Å². The molecule has 28 heavy (non-hydrogen) atoms. The molecule has 0 unspecified atom stereocenters. The lowest BCUT2D eigenvalue weighted by Crippen LogP contribution is -2.62. The number of likely N-dealkylation sites (N-methyl/N-ethyl adjacent to an activating group) is 1. The number of hydrogen-bond donors (Lipinski definition) is 4. The number of rotatable bonds is 3. The van der Waals surface area contributed by atoms with Crippen LogP contribution in [0, 0.1) is 5.41 Å². The highest BCUT2D eigenvalue weighted by molar-refractivity contribution is 5.91. The molecule has 150 valence electrons. The predicted molar refractivity (Wildman–Crippen MR) is 119 cm³/mol. The van der Waals surface area contributed by atoms with Gasteiger partial charge < -0.3 is 21.3 Å². The summed E-state index contributed by atoms with van der Waals surface area (Å²) in [5.74, 6) is 0.483. The molecular formula is C23H33N5. The van der Waals surface area contributed by atoms with Gasteiger partial charge in [0.25, 0.3) is 0 Å². The summed E-state index contributed by atoms with van der Waals surface area (Å²) in [6, 6.07) is 6.47. The Morgan fingerprint density at radius 3 is 2.54 bits per heavy atom. The predicted octanol–water partition coefficient (Wildman–Crippen LogP) is 1.84. The van der Waals surface area contributed by atoms with Crippen LogP contribution < -0.4 is 26.8 Å². The van der Waals surface area contributed by atoms with Crippen LogP contribution >= 0.6 is 0 Å². The Hall–Kier alpha value is -2.53. The standard InChI is InChI=1S/C23H33N5/c1-22(2)13-19(14-23(3,4)27-22)28(5)21(25)9-8-20(24)17-6-7-18-15-26-11-10-16(18)12-17/h6-12,15,19,25-27H,13-14,24H2,1-5H3. The Balaban J connectivity index is 1.77. The first kappa shape index (κ1) is 20.2. The van der Waals surface area contributed by atoms with E-state index in [2.05, 4.69) is 55.4 Å². The maximum Gasteiger partial charge on any atom is 0.120 e. The third-order valence-corrected chi connectivity index (χ3v) is 5.54. The Kier molecular flexibility index (Phi) is 5.39. The van der Waals surface area contributed by atoms with Gasteiger partial charge in [0.05, 0.1) is 0 Å². The van der Waals surface area contributed by atoms with Crippen LogP contribution in [0.5, 0.6) is 0 Å². The van der Waals surface area contributed by atoms with Crippen LogP contribution in [0.3, 0.4) is 0 Å². The fourth-order valence-corrected chi connectivity index (χ4v) is 4.43. The van der Waals surface area contributed by atoms with E-state index in [9.17, 15) is 0 Å². The molecule has 0 atom stereocenters. The average molecular weight is 380 g/mol. The van der Waals surface area contributed by atoms with Gasteiger partial charge in [-0.05, 0) is 80.8 Å². The summed E-state index contributed by atoms with van der Waals surface area (Å²) in [7, 11) is 2.01. The number of piperidine rings is 1. The van der Waals surface area contributed by atoms with Gasteiger partial charge in [-0.1, -0.05) is 12.1 Å². The number of nitrogens with one attached hydrogen (secondary N) is 3. The number of benzene rings is 1. The fraction of sp³-hybridized carbons (Fsp3) is 0.435. The summed E-state index contributed by atoms with van der Waals surface area (Å²) in [6.07, 6.45) is 11.6. The molecule has 0 aliphatic carbocycles. The molecule has 2 aliphatic heterocycles. The summed E-state index contributed by atoms with van der Waals surface area (Å²) in [6.45, 7) is 8.93. The molecular weight excluding hydrogens is 346 g/mol. The summed E-state index contributed by atoms with van der Waals surface area (Å²) < 4.78 is 0. The average Bonchev–Trinajstić information content (AvgIpc) is 2.62. The van der Waals surface area contributed by atoms with Gasteiger partial charge in [-0.25, -0.2) is 0 Å². The molecule has 1 saturated heterocycles. The Morgan fingerprint density at radius 2 is 1.86 bits per heavy atom. The molecule has 1 aromatic rings. The maximum absolute atomic E-state index is 8.52. The van der Waals surface area contributed by atoms with E-state index >= 15 is 0 Å². The van der Waals surface area contributed by atoms with Crippen LogP contribution in [0.2, 0.25) is 0 Å². The van der Waals surface area contributed by atoms with Crippen LogP contribution in [0.15, 0.2) is 36.6 Å². The maximum atomic E-state index is 8.52. The Bertz CT molecular complexity index is 920. The van der Waals surface area contributed by atoms with Crippen molar-refractivity contribution in [3.63, 3.8) is 0 Å². The smallest absolute Gasteiger partial charge is 0.120 e. The molecule has 0 aromatic heterocycles. The number of nitrogens with two attached hydrogens (primary N) is 1. The van der Waals surface area contributed by atoms with E-state index in [0.717, 1.165) is 28.8 Å². The minimum Gasteiger partial charge on any atom is -0.398 e. The second kappa shape index (κ2) is 7.47.